The molecule has 0 amide bonds. The Balaban J connectivity index is 2.55. The summed E-state index contributed by atoms with van der Waals surface area (Å²) < 4.78 is 28.4. The largest absolute Gasteiger partial charge is 0.279 e. The van der Waals surface area contributed by atoms with Gasteiger partial charge in [-0.25, -0.2) is 0 Å². The summed E-state index contributed by atoms with van der Waals surface area (Å²) in [7, 11) is -3.34. The van der Waals surface area contributed by atoms with Crippen molar-refractivity contribution < 1.29 is 8.42 Å². The van der Waals surface area contributed by atoms with Crippen molar-refractivity contribution in [3.63, 3.8) is 0 Å². The molecule has 4 nitrogen and oxygen atoms in total. The second kappa shape index (κ2) is 6.36. The molecule has 0 radical (unpaired) electrons. The number of hydrogen-bond acceptors (Lipinski definition) is 2. The molecule has 0 spiro atoms. The molecule has 6 heteroatoms. The van der Waals surface area contributed by atoms with E-state index < -0.39 is 10.2 Å². The Bertz CT molecular complexity index is 332. The fourth-order valence-corrected chi connectivity index (χ4v) is 4.07. The van der Waals surface area contributed by atoms with Crippen LogP contribution in [-0.4, -0.2) is 37.2 Å². The van der Waals surface area contributed by atoms with Gasteiger partial charge in [-0.05, 0) is 39.0 Å². The van der Waals surface area contributed by atoms with Crippen molar-refractivity contribution in [2.75, 3.05) is 13.1 Å². The number of nitrogens with zero attached hydrogens (tertiary/aromatic N) is 1. The fourth-order valence-electron chi connectivity index (χ4n) is 2.23. The number of hydrogen-bond donors (Lipinski definition) is 1. The number of piperidine rings is 1. The Hall–Kier alpha value is 0.160. The van der Waals surface area contributed by atoms with Crippen LogP contribution in [0.3, 0.4) is 0 Å². The number of halogens is 1. The number of alkyl halides is 1. The van der Waals surface area contributed by atoms with E-state index in [1.807, 2.05) is 13.8 Å². The minimum atomic E-state index is -3.34. The molecule has 1 rings (SSSR count). The van der Waals surface area contributed by atoms with Gasteiger partial charge in [0.2, 0.25) is 0 Å². The van der Waals surface area contributed by atoms with Crippen LogP contribution in [0.4, 0.5) is 0 Å². The van der Waals surface area contributed by atoms with Crippen LogP contribution in [0, 0.1) is 5.92 Å². The van der Waals surface area contributed by atoms with Crippen molar-refractivity contribution in [1.29, 1.82) is 0 Å². The highest BCUT2D eigenvalue weighted by molar-refractivity contribution is 7.87. The maximum absolute atomic E-state index is 12.1. The Morgan fingerprint density at radius 1 is 1.47 bits per heavy atom. The molecule has 0 saturated carbocycles. The predicted octanol–water partition coefficient (Wildman–Crippen LogP) is 1.96. The van der Waals surface area contributed by atoms with E-state index >= 15 is 0 Å². The fraction of sp³-hybridized carbons (Fsp3) is 1.00. The van der Waals surface area contributed by atoms with Gasteiger partial charge in [-0.2, -0.15) is 17.4 Å². The zero-order valence-electron chi connectivity index (χ0n) is 10.8. The molecular weight excluding hydrogens is 260 g/mol. The van der Waals surface area contributed by atoms with E-state index in [-0.39, 0.29) is 11.4 Å². The summed E-state index contributed by atoms with van der Waals surface area (Å²) in [5.74, 6) is 0.447. The van der Waals surface area contributed by atoms with Crippen molar-refractivity contribution >= 4 is 21.8 Å². The van der Waals surface area contributed by atoms with E-state index in [9.17, 15) is 8.42 Å². The van der Waals surface area contributed by atoms with Gasteiger partial charge >= 0.3 is 0 Å². The number of rotatable bonds is 5. The summed E-state index contributed by atoms with van der Waals surface area (Å²) in [5.41, 5.74) is 0. The summed E-state index contributed by atoms with van der Waals surface area (Å²) in [4.78, 5) is 0. The van der Waals surface area contributed by atoms with Crippen molar-refractivity contribution in [3.05, 3.63) is 0 Å². The van der Waals surface area contributed by atoms with Gasteiger partial charge in [-0.15, -0.1) is 11.6 Å². The standard InChI is InChI=1S/C11H23ClN2O2S/c1-9-5-4-6-14(8-9)17(15,16)13-11(3)7-10(2)12/h9-11,13H,4-8H2,1-3H3. The molecular formula is C11H23ClN2O2S. The molecule has 0 aromatic rings. The monoisotopic (exact) mass is 282 g/mol. The highest BCUT2D eigenvalue weighted by Gasteiger charge is 2.28. The van der Waals surface area contributed by atoms with Gasteiger partial charge < -0.3 is 0 Å². The van der Waals surface area contributed by atoms with Gasteiger partial charge in [0.15, 0.2) is 0 Å². The van der Waals surface area contributed by atoms with Crippen molar-refractivity contribution in [2.24, 2.45) is 5.92 Å². The third-order valence-electron chi connectivity index (χ3n) is 2.99. The van der Waals surface area contributed by atoms with Gasteiger partial charge in [0.1, 0.15) is 0 Å². The van der Waals surface area contributed by atoms with Crippen LogP contribution in [0.15, 0.2) is 0 Å². The van der Waals surface area contributed by atoms with E-state index in [2.05, 4.69) is 11.6 Å². The van der Waals surface area contributed by atoms with Crippen LogP contribution < -0.4 is 4.72 Å². The summed E-state index contributed by atoms with van der Waals surface area (Å²) in [6.07, 6.45) is 2.70. The van der Waals surface area contributed by atoms with E-state index in [0.717, 1.165) is 12.8 Å². The van der Waals surface area contributed by atoms with Crippen LogP contribution in [0.1, 0.15) is 40.0 Å². The Labute approximate surface area is 110 Å². The molecule has 0 aromatic carbocycles. The molecule has 3 unspecified atom stereocenters. The first-order chi connectivity index (χ1) is 7.81. The molecule has 0 bridgehead atoms. The van der Waals surface area contributed by atoms with Crippen LogP contribution in [0.5, 0.6) is 0 Å². The molecule has 3 atom stereocenters. The maximum atomic E-state index is 12.1. The minimum absolute atomic E-state index is 0.0204. The van der Waals surface area contributed by atoms with Gasteiger partial charge in [0.25, 0.3) is 10.2 Å². The lowest BCUT2D eigenvalue weighted by Crippen LogP contribution is -2.48. The second-order valence-corrected chi connectivity index (χ2v) is 7.59. The third kappa shape index (κ3) is 5.12. The Morgan fingerprint density at radius 3 is 2.65 bits per heavy atom. The van der Waals surface area contributed by atoms with E-state index in [1.165, 1.54) is 0 Å². The van der Waals surface area contributed by atoms with Gasteiger partial charge in [0, 0.05) is 24.5 Å². The zero-order chi connectivity index (χ0) is 13.1. The quantitative estimate of drug-likeness (QED) is 0.784. The smallest absolute Gasteiger partial charge is 0.199 e. The lowest BCUT2D eigenvalue weighted by molar-refractivity contribution is 0.276. The molecule has 0 aromatic heterocycles. The molecule has 1 heterocycles. The van der Waals surface area contributed by atoms with E-state index in [0.29, 0.717) is 25.4 Å². The SMILES string of the molecule is CC(Cl)CC(C)NS(=O)(=O)N1CCCC(C)C1. The second-order valence-electron chi connectivity index (χ2n) is 5.15. The molecule has 1 saturated heterocycles. The Morgan fingerprint density at radius 2 is 2.12 bits per heavy atom. The number of nitrogens with one attached hydrogen (secondary N) is 1. The van der Waals surface area contributed by atoms with Gasteiger partial charge in [0.05, 0.1) is 0 Å². The molecule has 102 valence electrons. The highest BCUT2D eigenvalue weighted by Crippen LogP contribution is 2.18. The van der Waals surface area contributed by atoms with E-state index in [4.69, 9.17) is 11.6 Å². The predicted molar refractivity (Wildman–Crippen MR) is 71.4 cm³/mol. The third-order valence-corrected chi connectivity index (χ3v) is 4.88. The normalized spacial score (nSPS) is 26.7. The molecule has 0 aliphatic carbocycles. The molecule has 17 heavy (non-hydrogen) atoms. The molecule has 1 aliphatic heterocycles. The van der Waals surface area contributed by atoms with Crippen LogP contribution in [0.2, 0.25) is 0 Å². The first-order valence-electron chi connectivity index (χ1n) is 6.22. The maximum Gasteiger partial charge on any atom is 0.279 e. The lowest BCUT2D eigenvalue weighted by atomic mass is 10.0. The zero-order valence-corrected chi connectivity index (χ0v) is 12.4. The van der Waals surface area contributed by atoms with Gasteiger partial charge in [-0.3, -0.25) is 0 Å². The topological polar surface area (TPSA) is 49.4 Å². The highest BCUT2D eigenvalue weighted by atomic mass is 35.5. The lowest BCUT2D eigenvalue weighted by Gasteiger charge is -2.31. The van der Waals surface area contributed by atoms with Gasteiger partial charge in [-0.1, -0.05) is 6.92 Å². The molecule has 1 fully saturated rings. The molecule has 1 aliphatic rings. The Kier molecular flexibility index (Phi) is 5.70. The summed E-state index contributed by atoms with van der Waals surface area (Å²) in [6, 6.07) is -0.121. The van der Waals surface area contributed by atoms with Crippen molar-refractivity contribution in [3.8, 4) is 0 Å². The first kappa shape index (κ1) is 15.2. The van der Waals surface area contributed by atoms with E-state index in [1.54, 1.807) is 4.31 Å². The summed E-state index contributed by atoms with van der Waals surface area (Å²) in [5, 5.41) is -0.0204. The van der Waals surface area contributed by atoms with Crippen LogP contribution in [-0.2, 0) is 10.2 Å². The first-order valence-corrected chi connectivity index (χ1v) is 8.10. The summed E-state index contributed by atoms with van der Waals surface area (Å²) >= 11 is 5.86. The average Bonchev–Trinajstić information content (AvgIpc) is 2.15. The minimum Gasteiger partial charge on any atom is -0.199 e. The average molecular weight is 283 g/mol. The van der Waals surface area contributed by atoms with Crippen molar-refractivity contribution in [2.45, 2.75) is 51.5 Å². The van der Waals surface area contributed by atoms with Crippen molar-refractivity contribution in [1.82, 2.24) is 9.03 Å². The molecule has 1 N–H and O–H groups in total. The van der Waals surface area contributed by atoms with Crippen LogP contribution >= 0.6 is 11.6 Å². The van der Waals surface area contributed by atoms with Crippen LogP contribution in [0.25, 0.3) is 0 Å². The summed E-state index contributed by atoms with van der Waals surface area (Å²) in [6.45, 7) is 7.06.